The molecule has 0 radical (unpaired) electrons. The molecule has 0 aromatic rings. The van der Waals surface area contributed by atoms with Crippen LogP contribution < -0.4 is 5.32 Å². The molecule has 0 spiro atoms. The summed E-state index contributed by atoms with van der Waals surface area (Å²) >= 11 is 0. The molecule has 0 saturated heterocycles. The van der Waals surface area contributed by atoms with E-state index in [0.717, 1.165) is 25.6 Å². The standard InChI is InChI=1S/C14H30N2O/c1-5-16(12(2)11-17-4)10-14(15-3)13-8-6-7-9-13/h12-15H,5-11H2,1-4H3. The normalized spacial score (nSPS) is 21.0. The highest BCUT2D eigenvalue weighted by atomic mass is 16.5. The monoisotopic (exact) mass is 242 g/mol. The molecule has 3 nitrogen and oxygen atoms in total. The molecular weight excluding hydrogens is 212 g/mol. The minimum Gasteiger partial charge on any atom is -0.383 e. The van der Waals surface area contributed by atoms with E-state index in [4.69, 9.17) is 4.74 Å². The van der Waals surface area contributed by atoms with Gasteiger partial charge in [-0.1, -0.05) is 19.8 Å². The fourth-order valence-electron chi connectivity index (χ4n) is 3.06. The van der Waals surface area contributed by atoms with Crippen molar-refractivity contribution in [1.82, 2.24) is 10.2 Å². The summed E-state index contributed by atoms with van der Waals surface area (Å²) in [6.07, 6.45) is 5.65. The molecule has 1 rings (SSSR count). The lowest BCUT2D eigenvalue weighted by Crippen LogP contribution is -2.47. The predicted molar refractivity (Wildman–Crippen MR) is 73.4 cm³/mol. The minimum atomic E-state index is 0.516. The lowest BCUT2D eigenvalue weighted by Gasteiger charge is -2.33. The topological polar surface area (TPSA) is 24.5 Å². The van der Waals surface area contributed by atoms with E-state index >= 15 is 0 Å². The highest BCUT2D eigenvalue weighted by Gasteiger charge is 2.26. The Morgan fingerprint density at radius 3 is 2.47 bits per heavy atom. The first-order valence-corrected chi connectivity index (χ1v) is 7.13. The van der Waals surface area contributed by atoms with Gasteiger partial charge in [0.15, 0.2) is 0 Å². The van der Waals surface area contributed by atoms with Gasteiger partial charge in [0.25, 0.3) is 0 Å². The molecule has 1 aliphatic carbocycles. The Hall–Kier alpha value is -0.120. The summed E-state index contributed by atoms with van der Waals surface area (Å²) in [5.41, 5.74) is 0. The van der Waals surface area contributed by atoms with Crippen LogP contribution in [0, 0.1) is 5.92 Å². The Kier molecular flexibility index (Phi) is 7.09. The van der Waals surface area contributed by atoms with Crippen molar-refractivity contribution in [1.29, 1.82) is 0 Å². The molecular formula is C14H30N2O. The third-order valence-electron chi connectivity index (χ3n) is 4.21. The van der Waals surface area contributed by atoms with Gasteiger partial charge in [-0.2, -0.15) is 0 Å². The molecule has 0 aromatic heterocycles. The molecule has 0 amide bonds. The van der Waals surface area contributed by atoms with Crippen LogP contribution in [0.2, 0.25) is 0 Å². The average molecular weight is 242 g/mol. The number of rotatable bonds is 8. The summed E-state index contributed by atoms with van der Waals surface area (Å²) in [7, 11) is 3.90. The molecule has 17 heavy (non-hydrogen) atoms. The van der Waals surface area contributed by atoms with E-state index in [-0.39, 0.29) is 0 Å². The molecule has 0 heterocycles. The molecule has 2 atom stereocenters. The van der Waals surface area contributed by atoms with E-state index in [1.54, 1.807) is 7.11 Å². The zero-order valence-electron chi connectivity index (χ0n) is 12.0. The zero-order valence-corrected chi connectivity index (χ0v) is 12.0. The van der Waals surface area contributed by atoms with Crippen LogP contribution >= 0.6 is 0 Å². The van der Waals surface area contributed by atoms with Crippen LogP contribution in [0.1, 0.15) is 39.5 Å². The van der Waals surface area contributed by atoms with Gasteiger partial charge in [0.05, 0.1) is 6.61 Å². The van der Waals surface area contributed by atoms with Crippen molar-refractivity contribution in [3.63, 3.8) is 0 Å². The maximum absolute atomic E-state index is 5.27. The smallest absolute Gasteiger partial charge is 0.0615 e. The summed E-state index contributed by atoms with van der Waals surface area (Å²) in [4.78, 5) is 2.53. The Morgan fingerprint density at radius 2 is 2.00 bits per heavy atom. The highest BCUT2D eigenvalue weighted by Crippen LogP contribution is 2.28. The predicted octanol–water partition coefficient (Wildman–Crippen LogP) is 2.12. The summed E-state index contributed by atoms with van der Waals surface area (Å²) in [5, 5.41) is 3.52. The SMILES string of the molecule is CCN(CC(NC)C1CCCC1)C(C)COC. The van der Waals surface area contributed by atoms with Crippen LogP contribution in [0.5, 0.6) is 0 Å². The van der Waals surface area contributed by atoms with Crippen molar-refractivity contribution in [2.24, 2.45) is 5.92 Å². The fourth-order valence-corrected chi connectivity index (χ4v) is 3.06. The number of nitrogens with one attached hydrogen (secondary N) is 1. The second-order valence-corrected chi connectivity index (χ2v) is 5.33. The third-order valence-corrected chi connectivity index (χ3v) is 4.21. The first-order chi connectivity index (χ1) is 8.22. The Morgan fingerprint density at radius 1 is 1.35 bits per heavy atom. The van der Waals surface area contributed by atoms with E-state index < -0.39 is 0 Å². The largest absolute Gasteiger partial charge is 0.383 e. The number of hydrogen-bond acceptors (Lipinski definition) is 3. The summed E-state index contributed by atoms with van der Waals surface area (Å²) in [5.74, 6) is 0.879. The number of hydrogen-bond donors (Lipinski definition) is 1. The number of nitrogens with zero attached hydrogens (tertiary/aromatic N) is 1. The van der Waals surface area contributed by atoms with Crippen LogP contribution in [0.4, 0.5) is 0 Å². The third kappa shape index (κ3) is 4.57. The Balaban J connectivity index is 2.45. The van der Waals surface area contributed by atoms with Crippen LogP contribution in [-0.4, -0.2) is 50.8 Å². The van der Waals surface area contributed by atoms with Gasteiger partial charge in [-0.15, -0.1) is 0 Å². The molecule has 1 aliphatic rings. The van der Waals surface area contributed by atoms with Gasteiger partial charge in [-0.25, -0.2) is 0 Å². The molecule has 102 valence electrons. The van der Waals surface area contributed by atoms with E-state index in [9.17, 15) is 0 Å². The van der Waals surface area contributed by atoms with Gasteiger partial charge in [-0.3, -0.25) is 4.90 Å². The Bertz CT molecular complexity index is 193. The van der Waals surface area contributed by atoms with Gasteiger partial charge in [0.2, 0.25) is 0 Å². The van der Waals surface area contributed by atoms with Crippen LogP contribution in [-0.2, 0) is 4.74 Å². The minimum absolute atomic E-state index is 0.516. The Labute approximate surface area is 107 Å². The maximum Gasteiger partial charge on any atom is 0.0615 e. The van der Waals surface area contributed by atoms with E-state index in [1.807, 2.05) is 0 Å². The zero-order chi connectivity index (χ0) is 12.7. The van der Waals surface area contributed by atoms with Crippen molar-refractivity contribution in [3.05, 3.63) is 0 Å². The van der Waals surface area contributed by atoms with Crippen molar-refractivity contribution >= 4 is 0 Å². The van der Waals surface area contributed by atoms with Crippen LogP contribution in [0.15, 0.2) is 0 Å². The number of ether oxygens (including phenoxy) is 1. The number of likely N-dealkylation sites (N-methyl/N-ethyl adjacent to an activating group) is 2. The van der Waals surface area contributed by atoms with Crippen LogP contribution in [0.25, 0.3) is 0 Å². The van der Waals surface area contributed by atoms with Crippen LogP contribution in [0.3, 0.4) is 0 Å². The van der Waals surface area contributed by atoms with E-state index in [0.29, 0.717) is 12.1 Å². The molecule has 2 unspecified atom stereocenters. The van der Waals surface area contributed by atoms with Gasteiger partial charge in [-0.05, 0) is 39.3 Å². The summed E-state index contributed by atoms with van der Waals surface area (Å²) in [6, 6.07) is 1.17. The lowest BCUT2D eigenvalue weighted by molar-refractivity contribution is 0.0903. The van der Waals surface area contributed by atoms with Crippen molar-refractivity contribution in [2.45, 2.75) is 51.6 Å². The number of methoxy groups -OCH3 is 1. The molecule has 1 saturated carbocycles. The van der Waals surface area contributed by atoms with E-state index in [2.05, 4.69) is 31.1 Å². The second-order valence-electron chi connectivity index (χ2n) is 5.33. The second kappa shape index (κ2) is 8.06. The fraction of sp³-hybridized carbons (Fsp3) is 1.00. The molecule has 0 aliphatic heterocycles. The molecule has 1 N–H and O–H groups in total. The first-order valence-electron chi connectivity index (χ1n) is 7.13. The van der Waals surface area contributed by atoms with Crippen molar-refractivity contribution < 1.29 is 4.74 Å². The quantitative estimate of drug-likeness (QED) is 0.705. The molecule has 0 bridgehead atoms. The van der Waals surface area contributed by atoms with Gasteiger partial charge < -0.3 is 10.1 Å². The first kappa shape index (κ1) is 14.9. The van der Waals surface area contributed by atoms with Crippen molar-refractivity contribution in [2.75, 3.05) is 33.9 Å². The highest BCUT2D eigenvalue weighted by molar-refractivity contribution is 4.83. The van der Waals surface area contributed by atoms with Gasteiger partial charge in [0, 0.05) is 25.7 Å². The summed E-state index contributed by atoms with van der Waals surface area (Å²) in [6.45, 7) is 7.59. The average Bonchev–Trinajstić information content (AvgIpc) is 2.84. The maximum atomic E-state index is 5.27. The summed E-state index contributed by atoms with van der Waals surface area (Å²) < 4.78 is 5.27. The molecule has 3 heteroatoms. The van der Waals surface area contributed by atoms with E-state index in [1.165, 1.54) is 25.7 Å². The van der Waals surface area contributed by atoms with Gasteiger partial charge >= 0.3 is 0 Å². The molecule has 0 aromatic carbocycles. The molecule has 1 fully saturated rings. The van der Waals surface area contributed by atoms with Crippen molar-refractivity contribution in [3.8, 4) is 0 Å². The lowest BCUT2D eigenvalue weighted by atomic mass is 9.97. The van der Waals surface area contributed by atoms with Gasteiger partial charge in [0.1, 0.15) is 0 Å².